The van der Waals surface area contributed by atoms with Crippen LogP contribution in [0.5, 0.6) is 0 Å². The number of carbonyl (C=O) groups excluding carboxylic acids is 1. The molecule has 0 radical (unpaired) electrons. The fourth-order valence-corrected chi connectivity index (χ4v) is 3.12. The number of carboxylic acids is 1. The quantitative estimate of drug-likeness (QED) is 0.717. The number of aliphatic carboxylic acids is 1. The molecule has 1 atom stereocenters. The summed E-state index contributed by atoms with van der Waals surface area (Å²) in [4.78, 5) is 23.6. The molecule has 0 bridgehead atoms. The first-order valence-electron chi connectivity index (χ1n) is 7.30. The van der Waals surface area contributed by atoms with Gasteiger partial charge in [-0.1, -0.05) is 6.92 Å². The van der Waals surface area contributed by atoms with Gasteiger partial charge in [0.25, 0.3) is 0 Å². The number of nitrogens with one attached hydrogen (secondary N) is 2. The van der Waals surface area contributed by atoms with Gasteiger partial charge in [-0.25, -0.2) is 4.79 Å². The topological polar surface area (TPSA) is 78.4 Å². The van der Waals surface area contributed by atoms with E-state index in [0.29, 0.717) is 25.2 Å². The largest absolute Gasteiger partial charge is 0.480 e. The monoisotopic (exact) mass is 268 g/mol. The maximum absolute atomic E-state index is 12.0. The molecule has 1 heterocycles. The molecule has 1 unspecified atom stereocenters. The number of rotatable bonds is 4. The van der Waals surface area contributed by atoms with Gasteiger partial charge in [0.1, 0.15) is 5.54 Å². The fourth-order valence-electron chi connectivity index (χ4n) is 3.12. The van der Waals surface area contributed by atoms with Crippen molar-refractivity contribution < 1.29 is 14.7 Å². The van der Waals surface area contributed by atoms with Crippen molar-refractivity contribution in [2.45, 2.75) is 63.5 Å². The van der Waals surface area contributed by atoms with Gasteiger partial charge in [-0.15, -0.1) is 0 Å². The van der Waals surface area contributed by atoms with Gasteiger partial charge < -0.3 is 15.7 Å². The molecule has 2 fully saturated rings. The van der Waals surface area contributed by atoms with Crippen LogP contribution >= 0.6 is 0 Å². The van der Waals surface area contributed by atoms with E-state index in [-0.39, 0.29) is 11.9 Å². The van der Waals surface area contributed by atoms with Crippen LogP contribution in [0.15, 0.2) is 0 Å². The Labute approximate surface area is 114 Å². The van der Waals surface area contributed by atoms with E-state index in [0.717, 1.165) is 32.2 Å². The van der Waals surface area contributed by atoms with Crippen molar-refractivity contribution in [2.75, 3.05) is 6.54 Å². The first-order valence-corrected chi connectivity index (χ1v) is 7.30. The number of carboxylic acid groups (broad SMARTS) is 1. The van der Waals surface area contributed by atoms with Crippen LogP contribution in [-0.2, 0) is 9.59 Å². The Hall–Kier alpha value is -1.10. The minimum atomic E-state index is -1.03. The summed E-state index contributed by atoms with van der Waals surface area (Å²) in [5.41, 5.74) is -1.03. The summed E-state index contributed by atoms with van der Waals surface area (Å²) in [5.74, 6) is -0.454. The van der Waals surface area contributed by atoms with Crippen LogP contribution in [0.25, 0.3) is 0 Å². The Kier molecular flexibility index (Phi) is 4.45. The zero-order chi connectivity index (χ0) is 13.9. The third-order valence-corrected chi connectivity index (χ3v) is 4.51. The predicted octanol–water partition coefficient (Wildman–Crippen LogP) is 1.28. The van der Waals surface area contributed by atoms with Gasteiger partial charge in [-0.05, 0) is 51.0 Å². The summed E-state index contributed by atoms with van der Waals surface area (Å²) >= 11 is 0. The zero-order valence-electron chi connectivity index (χ0n) is 11.6. The third kappa shape index (κ3) is 3.47. The molecule has 1 aliphatic heterocycles. The van der Waals surface area contributed by atoms with Gasteiger partial charge in [-0.2, -0.15) is 0 Å². The van der Waals surface area contributed by atoms with Gasteiger partial charge >= 0.3 is 5.97 Å². The van der Waals surface area contributed by atoms with E-state index in [1.54, 1.807) is 0 Å². The fraction of sp³-hybridized carbons (Fsp3) is 0.857. The lowest BCUT2D eigenvalue weighted by molar-refractivity contribution is -0.149. The Morgan fingerprint density at radius 1 is 1.32 bits per heavy atom. The minimum absolute atomic E-state index is 0.128. The molecule has 108 valence electrons. The van der Waals surface area contributed by atoms with Gasteiger partial charge in [0.2, 0.25) is 5.91 Å². The molecule has 5 heteroatoms. The summed E-state index contributed by atoms with van der Waals surface area (Å²) in [6, 6.07) is 0.216. The summed E-state index contributed by atoms with van der Waals surface area (Å²) in [6.45, 7) is 3.09. The molecule has 0 spiro atoms. The van der Waals surface area contributed by atoms with Gasteiger partial charge in [-0.3, -0.25) is 4.79 Å². The molecule has 0 aromatic carbocycles. The molecule has 2 aliphatic rings. The maximum Gasteiger partial charge on any atom is 0.329 e. The van der Waals surface area contributed by atoms with E-state index in [2.05, 4.69) is 17.6 Å². The predicted molar refractivity (Wildman–Crippen MR) is 71.8 cm³/mol. The van der Waals surface area contributed by atoms with Crippen molar-refractivity contribution >= 4 is 11.9 Å². The van der Waals surface area contributed by atoms with E-state index in [1.165, 1.54) is 0 Å². The lowest BCUT2D eigenvalue weighted by Gasteiger charge is -2.36. The van der Waals surface area contributed by atoms with Crippen molar-refractivity contribution in [3.05, 3.63) is 0 Å². The summed E-state index contributed by atoms with van der Waals surface area (Å²) < 4.78 is 0. The standard InChI is InChI=1S/C14H24N2O3/c1-10-4-6-14(7-5-10,13(18)19)16-12(17)9-11-3-2-8-15-11/h10-11,15H,2-9H2,1H3,(H,16,17)(H,18,19). The lowest BCUT2D eigenvalue weighted by atomic mass is 9.77. The average Bonchev–Trinajstić information content (AvgIpc) is 2.84. The molecule has 0 aromatic rings. The average molecular weight is 268 g/mol. The number of hydrogen-bond acceptors (Lipinski definition) is 3. The number of hydrogen-bond donors (Lipinski definition) is 3. The second-order valence-electron chi connectivity index (χ2n) is 6.12. The van der Waals surface area contributed by atoms with Crippen LogP contribution < -0.4 is 10.6 Å². The lowest BCUT2D eigenvalue weighted by Crippen LogP contribution is -2.56. The van der Waals surface area contributed by atoms with Crippen molar-refractivity contribution in [1.82, 2.24) is 10.6 Å². The van der Waals surface area contributed by atoms with Gasteiger partial charge in [0.15, 0.2) is 0 Å². The molecule has 1 amide bonds. The third-order valence-electron chi connectivity index (χ3n) is 4.51. The minimum Gasteiger partial charge on any atom is -0.480 e. The Bertz CT molecular complexity index is 343. The van der Waals surface area contributed by atoms with E-state index >= 15 is 0 Å². The van der Waals surface area contributed by atoms with Crippen LogP contribution in [0, 0.1) is 5.92 Å². The first-order chi connectivity index (χ1) is 9.02. The van der Waals surface area contributed by atoms with Crippen molar-refractivity contribution in [3.63, 3.8) is 0 Å². The van der Waals surface area contributed by atoms with Gasteiger partial charge in [0, 0.05) is 12.5 Å². The second kappa shape index (κ2) is 5.90. The SMILES string of the molecule is CC1CCC(NC(=O)CC2CCCN2)(C(=O)O)CC1. The highest BCUT2D eigenvalue weighted by molar-refractivity contribution is 5.87. The molecule has 3 N–H and O–H groups in total. The Morgan fingerprint density at radius 2 is 2.00 bits per heavy atom. The van der Waals surface area contributed by atoms with Gasteiger partial charge in [0.05, 0.1) is 0 Å². The van der Waals surface area contributed by atoms with Crippen molar-refractivity contribution in [2.24, 2.45) is 5.92 Å². The molecule has 19 heavy (non-hydrogen) atoms. The van der Waals surface area contributed by atoms with Crippen LogP contribution in [-0.4, -0.2) is 35.1 Å². The van der Waals surface area contributed by atoms with E-state index < -0.39 is 11.5 Å². The van der Waals surface area contributed by atoms with Crippen LogP contribution in [0.2, 0.25) is 0 Å². The van der Waals surface area contributed by atoms with Crippen LogP contribution in [0.1, 0.15) is 51.9 Å². The second-order valence-corrected chi connectivity index (χ2v) is 6.12. The Morgan fingerprint density at radius 3 is 2.53 bits per heavy atom. The molecule has 2 rings (SSSR count). The number of amides is 1. The molecule has 1 aliphatic carbocycles. The molecule has 1 saturated carbocycles. The Balaban J connectivity index is 1.92. The molecular formula is C14H24N2O3. The first kappa shape index (κ1) is 14.3. The van der Waals surface area contributed by atoms with E-state index in [9.17, 15) is 14.7 Å². The molecule has 1 saturated heterocycles. The molecule has 5 nitrogen and oxygen atoms in total. The van der Waals surface area contributed by atoms with Crippen LogP contribution in [0.4, 0.5) is 0 Å². The summed E-state index contributed by atoms with van der Waals surface area (Å²) in [5, 5.41) is 15.5. The highest BCUT2D eigenvalue weighted by Gasteiger charge is 2.42. The maximum atomic E-state index is 12.0. The highest BCUT2D eigenvalue weighted by Crippen LogP contribution is 2.32. The summed E-state index contributed by atoms with van der Waals surface area (Å²) in [7, 11) is 0. The molecular weight excluding hydrogens is 244 g/mol. The number of carbonyl (C=O) groups is 2. The van der Waals surface area contributed by atoms with Crippen molar-refractivity contribution in [1.29, 1.82) is 0 Å². The van der Waals surface area contributed by atoms with Crippen LogP contribution in [0.3, 0.4) is 0 Å². The highest BCUT2D eigenvalue weighted by atomic mass is 16.4. The van der Waals surface area contributed by atoms with E-state index in [4.69, 9.17) is 0 Å². The van der Waals surface area contributed by atoms with E-state index in [1.807, 2.05) is 0 Å². The summed E-state index contributed by atoms with van der Waals surface area (Å²) in [6.07, 6.45) is 5.33. The molecule has 0 aromatic heterocycles. The zero-order valence-corrected chi connectivity index (χ0v) is 11.6. The van der Waals surface area contributed by atoms with Crippen molar-refractivity contribution in [3.8, 4) is 0 Å². The smallest absolute Gasteiger partial charge is 0.329 e. The normalized spacial score (nSPS) is 35.0.